The molecule has 1 aliphatic rings. The van der Waals surface area contributed by atoms with Crippen LogP contribution in [-0.2, 0) is 0 Å². The summed E-state index contributed by atoms with van der Waals surface area (Å²) in [6.07, 6.45) is 3.30. The van der Waals surface area contributed by atoms with Crippen LogP contribution in [0.1, 0.15) is 22.9 Å². The van der Waals surface area contributed by atoms with Crippen molar-refractivity contribution in [2.75, 3.05) is 0 Å². The molecule has 7 aromatic carbocycles. The quantitative estimate of drug-likeness (QED) is 0.196. The van der Waals surface area contributed by atoms with Gasteiger partial charge in [0.2, 0.25) is 0 Å². The molecule has 48 heavy (non-hydrogen) atoms. The van der Waals surface area contributed by atoms with Crippen LogP contribution < -0.4 is 5.32 Å². The first-order chi connectivity index (χ1) is 23.8. The van der Waals surface area contributed by atoms with Crippen molar-refractivity contribution >= 4 is 44.2 Å². The number of nitrogens with zero attached hydrogens (tertiary/aromatic N) is 4. The van der Waals surface area contributed by atoms with E-state index in [1.807, 2.05) is 36.4 Å². The second-order valence-electron chi connectivity index (χ2n) is 12.0. The molecule has 0 bridgehead atoms. The molecule has 2 heterocycles. The summed E-state index contributed by atoms with van der Waals surface area (Å²) in [7, 11) is 0. The molecule has 1 aliphatic heterocycles. The van der Waals surface area contributed by atoms with Gasteiger partial charge in [-0.3, -0.25) is 9.97 Å². The van der Waals surface area contributed by atoms with Gasteiger partial charge in [-0.2, -0.15) is 0 Å². The van der Waals surface area contributed by atoms with Gasteiger partial charge in [-0.15, -0.1) is 0 Å². The summed E-state index contributed by atoms with van der Waals surface area (Å²) >= 11 is 0. The maximum absolute atomic E-state index is 5.08. The Morgan fingerprint density at radius 1 is 0.417 bits per heavy atom. The number of amidine groups is 2. The van der Waals surface area contributed by atoms with E-state index in [1.54, 1.807) is 12.4 Å². The SMILES string of the molecule is c1ccc(C2=NC(c3cccc(-c4cccc(-c5ccc6c7ccccc7c7nccnc7c6c5)c4)c3)=NC(c3ccccc3)N2)cc1. The third-order valence-electron chi connectivity index (χ3n) is 9.00. The fourth-order valence-corrected chi connectivity index (χ4v) is 6.65. The largest absolute Gasteiger partial charge is 0.344 e. The van der Waals surface area contributed by atoms with E-state index < -0.39 is 0 Å². The van der Waals surface area contributed by atoms with Gasteiger partial charge in [0.25, 0.3) is 0 Å². The molecule has 8 aromatic rings. The zero-order valence-electron chi connectivity index (χ0n) is 26.0. The van der Waals surface area contributed by atoms with E-state index in [9.17, 15) is 0 Å². The topological polar surface area (TPSA) is 62.5 Å². The Balaban J connectivity index is 1.12. The summed E-state index contributed by atoms with van der Waals surface area (Å²) in [5.41, 5.74) is 9.43. The van der Waals surface area contributed by atoms with Crippen LogP contribution in [0.25, 0.3) is 54.8 Å². The molecule has 5 heteroatoms. The molecule has 0 aliphatic carbocycles. The molecule has 9 rings (SSSR count). The van der Waals surface area contributed by atoms with Crippen LogP contribution in [0.15, 0.2) is 174 Å². The molecular weight excluding hydrogens is 587 g/mol. The predicted octanol–water partition coefficient (Wildman–Crippen LogP) is 9.77. The average molecular weight is 616 g/mol. The fourth-order valence-electron chi connectivity index (χ4n) is 6.65. The highest BCUT2D eigenvalue weighted by Gasteiger charge is 2.21. The summed E-state index contributed by atoms with van der Waals surface area (Å²) < 4.78 is 0. The highest BCUT2D eigenvalue weighted by atomic mass is 15.2. The van der Waals surface area contributed by atoms with Crippen LogP contribution in [0, 0.1) is 0 Å². The fraction of sp³-hybridized carbons (Fsp3) is 0.0233. The highest BCUT2D eigenvalue weighted by molar-refractivity contribution is 6.23. The van der Waals surface area contributed by atoms with Crippen molar-refractivity contribution in [3.05, 3.63) is 181 Å². The molecular formula is C43H29N5. The van der Waals surface area contributed by atoms with E-state index in [4.69, 9.17) is 20.0 Å². The van der Waals surface area contributed by atoms with Crippen LogP contribution in [0.3, 0.4) is 0 Å². The highest BCUT2D eigenvalue weighted by Crippen LogP contribution is 2.36. The van der Waals surface area contributed by atoms with Crippen molar-refractivity contribution in [2.45, 2.75) is 6.17 Å². The Hall–Kier alpha value is -6.46. The van der Waals surface area contributed by atoms with Gasteiger partial charge >= 0.3 is 0 Å². The van der Waals surface area contributed by atoms with Crippen molar-refractivity contribution in [3.63, 3.8) is 0 Å². The Morgan fingerprint density at radius 3 is 1.69 bits per heavy atom. The average Bonchev–Trinajstić information content (AvgIpc) is 3.18. The normalized spacial score (nSPS) is 14.5. The third kappa shape index (κ3) is 4.99. The molecule has 0 spiro atoms. The van der Waals surface area contributed by atoms with Gasteiger partial charge in [0, 0.05) is 34.3 Å². The molecule has 0 radical (unpaired) electrons. The van der Waals surface area contributed by atoms with Gasteiger partial charge in [-0.05, 0) is 56.8 Å². The second-order valence-corrected chi connectivity index (χ2v) is 12.0. The van der Waals surface area contributed by atoms with Crippen LogP contribution in [0.4, 0.5) is 0 Å². The van der Waals surface area contributed by atoms with Crippen molar-refractivity contribution in [3.8, 4) is 22.3 Å². The predicted molar refractivity (Wildman–Crippen MR) is 197 cm³/mol. The van der Waals surface area contributed by atoms with E-state index in [0.717, 1.165) is 66.6 Å². The van der Waals surface area contributed by atoms with Gasteiger partial charge < -0.3 is 5.32 Å². The van der Waals surface area contributed by atoms with E-state index in [1.165, 1.54) is 10.8 Å². The molecule has 1 atom stereocenters. The molecule has 1 aromatic heterocycles. The first-order valence-corrected chi connectivity index (χ1v) is 16.1. The van der Waals surface area contributed by atoms with Crippen molar-refractivity contribution in [1.82, 2.24) is 15.3 Å². The van der Waals surface area contributed by atoms with Gasteiger partial charge in [0.05, 0.1) is 11.0 Å². The summed E-state index contributed by atoms with van der Waals surface area (Å²) in [5.74, 6) is 1.51. The summed E-state index contributed by atoms with van der Waals surface area (Å²) in [5, 5.41) is 8.13. The van der Waals surface area contributed by atoms with Gasteiger partial charge in [0.1, 0.15) is 12.0 Å². The van der Waals surface area contributed by atoms with Crippen molar-refractivity contribution in [2.24, 2.45) is 9.98 Å². The molecule has 1 N–H and O–H groups in total. The number of hydrogen-bond acceptors (Lipinski definition) is 5. The van der Waals surface area contributed by atoms with E-state index in [-0.39, 0.29) is 6.17 Å². The molecule has 0 saturated carbocycles. The standard InChI is InChI=1S/C43H29N5/c1-3-11-28(12-4-1)41-46-42(29-13-5-2-6-14-29)48-43(47-41)34-18-10-17-32(26-34)30-15-9-16-31(25-30)33-21-22-36-35-19-7-8-20-37(35)39-40(38(36)27-33)45-24-23-44-39/h1-27,41H,(H,46,47,48). The minimum atomic E-state index is -0.244. The van der Waals surface area contributed by atoms with Crippen LogP contribution in [0.2, 0.25) is 0 Å². The smallest absolute Gasteiger partial charge is 0.159 e. The van der Waals surface area contributed by atoms with Crippen LogP contribution in [-0.4, -0.2) is 21.6 Å². The summed E-state index contributed by atoms with van der Waals surface area (Å²) in [4.78, 5) is 19.6. The monoisotopic (exact) mass is 615 g/mol. The summed E-state index contributed by atoms with van der Waals surface area (Å²) in [6, 6.07) is 52.9. The Labute approximate surface area is 278 Å². The van der Waals surface area contributed by atoms with Crippen molar-refractivity contribution in [1.29, 1.82) is 0 Å². The Morgan fingerprint density at radius 2 is 0.958 bits per heavy atom. The number of benzene rings is 7. The number of hydrogen-bond donors (Lipinski definition) is 1. The lowest BCUT2D eigenvalue weighted by Crippen LogP contribution is -2.33. The first-order valence-electron chi connectivity index (χ1n) is 16.1. The number of fused-ring (bicyclic) bond motifs is 6. The molecule has 5 nitrogen and oxygen atoms in total. The van der Waals surface area contributed by atoms with Crippen LogP contribution in [0.5, 0.6) is 0 Å². The minimum absolute atomic E-state index is 0.244. The minimum Gasteiger partial charge on any atom is -0.344 e. The summed E-state index contributed by atoms with van der Waals surface area (Å²) in [6.45, 7) is 0. The maximum Gasteiger partial charge on any atom is 0.159 e. The Kier molecular flexibility index (Phi) is 6.79. The lowest BCUT2D eigenvalue weighted by atomic mass is 9.94. The second kappa shape index (κ2) is 11.7. The molecule has 0 amide bonds. The lowest BCUT2D eigenvalue weighted by Gasteiger charge is -2.23. The van der Waals surface area contributed by atoms with E-state index in [0.29, 0.717) is 5.84 Å². The van der Waals surface area contributed by atoms with Gasteiger partial charge in [-0.25, -0.2) is 9.98 Å². The number of nitrogens with one attached hydrogen (secondary N) is 1. The zero-order chi connectivity index (χ0) is 31.9. The molecule has 1 unspecified atom stereocenters. The lowest BCUT2D eigenvalue weighted by molar-refractivity contribution is 0.674. The Bertz CT molecular complexity index is 2500. The third-order valence-corrected chi connectivity index (χ3v) is 9.00. The molecule has 0 saturated heterocycles. The number of aliphatic imine (C=N–C) groups is 2. The first kappa shape index (κ1) is 27.8. The number of rotatable bonds is 5. The number of aromatic nitrogens is 2. The van der Waals surface area contributed by atoms with Crippen molar-refractivity contribution < 1.29 is 0 Å². The van der Waals surface area contributed by atoms with E-state index in [2.05, 4.69) is 121 Å². The van der Waals surface area contributed by atoms with E-state index >= 15 is 0 Å². The maximum atomic E-state index is 5.08. The zero-order valence-corrected chi connectivity index (χ0v) is 26.0. The van der Waals surface area contributed by atoms with Gasteiger partial charge in [0.15, 0.2) is 5.84 Å². The molecule has 0 fully saturated rings. The molecule has 226 valence electrons. The van der Waals surface area contributed by atoms with Crippen LogP contribution >= 0.6 is 0 Å². The van der Waals surface area contributed by atoms with Gasteiger partial charge in [-0.1, -0.05) is 133 Å².